The Morgan fingerprint density at radius 1 is 0.978 bits per heavy atom. The summed E-state index contributed by atoms with van der Waals surface area (Å²) in [5.41, 5.74) is -1.47. The first-order valence-corrected chi connectivity index (χ1v) is 13.2. The molecule has 5 N–H and O–H groups in total. The molecule has 3 amide bonds. The van der Waals surface area contributed by atoms with Crippen molar-refractivity contribution in [1.29, 1.82) is 0 Å². The number of halogens is 7. The van der Waals surface area contributed by atoms with E-state index in [1.807, 2.05) is 0 Å². The number of primary amides is 1. The van der Waals surface area contributed by atoms with Crippen LogP contribution in [0.4, 0.5) is 26.3 Å². The van der Waals surface area contributed by atoms with Crippen molar-refractivity contribution in [3.8, 4) is 11.4 Å². The van der Waals surface area contributed by atoms with Crippen LogP contribution in [0.5, 0.6) is 0 Å². The number of benzene rings is 2. The van der Waals surface area contributed by atoms with E-state index >= 15 is 0 Å². The van der Waals surface area contributed by atoms with E-state index in [2.05, 4.69) is 15.7 Å². The number of aliphatic hydroxyl groups is 1. The van der Waals surface area contributed by atoms with Gasteiger partial charge in [0.2, 0.25) is 11.8 Å². The molecule has 3 aromatic rings. The molecule has 0 saturated carbocycles. The first-order chi connectivity index (χ1) is 20.6. The molecule has 0 bridgehead atoms. The molecule has 45 heavy (non-hydrogen) atoms. The van der Waals surface area contributed by atoms with Crippen LogP contribution in [0.1, 0.15) is 31.9 Å². The third kappa shape index (κ3) is 8.02. The summed E-state index contributed by atoms with van der Waals surface area (Å²) in [6.07, 6.45) is -13.0. The number of amides is 3. The number of rotatable bonds is 10. The molecule has 0 saturated heterocycles. The summed E-state index contributed by atoms with van der Waals surface area (Å²) in [5, 5.41) is 18.3. The summed E-state index contributed by atoms with van der Waals surface area (Å²) >= 11 is 5.86. The lowest BCUT2D eigenvalue weighted by molar-refractivity contribution is -0.207. The van der Waals surface area contributed by atoms with Crippen LogP contribution in [0.25, 0.3) is 11.4 Å². The first-order valence-electron chi connectivity index (χ1n) is 12.9. The summed E-state index contributed by atoms with van der Waals surface area (Å²) in [6, 6.07) is 8.73. The molecular weight excluding hydrogens is 638 g/mol. The summed E-state index contributed by atoms with van der Waals surface area (Å²) in [6.45, 7) is 1.12. The lowest BCUT2D eigenvalue weighted by Gasteiger charge is -2.34. The van der Waals surface area contributed by atoms with Gasteiger partial charge in [0.15, 0.2) is 11.9 Å². The lowest BCUT2D eigenvalue weighted by Crippen LogP contribution is -2.62. The fraction of sp³-hybridized carbons (Fsp3) is 0.370. The van der Waals surface area contributed by atoms with Crippen molar-refractivity contribution in [3.63, 3.8) is 0 Å². The van der Waals surface area contributed by atoms with E-state index < -0.39 is 71.6 Å². The van der Waals surface area contributed by atoms with Crippen LogP contribution in [0, 0.1) is 0 Å². The molecule has 0 fully saturated rings. The van der Waals surface area contributed by atoms with Gasteiger partial charge in [-0.05, 0) is 62.7 Å². The van der Waals surface area contributed by atoms with Crippen LogP contribution >= 0.6 is 11.6 Å². The zero-order chi connectivity index (χ0) is 34.1. The zero-order valence-corrected chi connectivity index (χ0v) is 24.5. The van der Waals surface area contributed by atoms with Gasteiger partial charge < -0.3 is 21.5 Å². The van der Waals surface area contributed by atoms with Crippen molar-refractivity contribution in [2.24, 2.45) is 5.73 Å². The molecule has 1 aromatic heterocycles. The van der Waals surface area contributed by atoms with Crippen molar-refractivity contribution < 1.29 is 45.8 Å². The number of nitrogens with one attached hydrogen (secondary N) is 2. The van der Waals surface area contributed by atoms with Crippen molar-refractivity contribution in [1.82, 2.24) is 25.0 Å². The molecule has 0 spiro atoms. The maximum Gasteiger partial charge on any atom is 0.416 e. The van der Waals surface area contributed by atoms with E-state index in [1.165, 1.54) is 38.1 Å². The minimum Gasteiger partial charge on any atom is -0.382 e. The van der Waals surface area contributed by atoms with Crippen molar-refractivity contribution in [3.05, 3.63) is 75.2 Å². The van der Waals surface area contributed by atoms with E-state index in [4.69, 9.17) is 17.3 Å². The molecule has 2 unspecified atom stereocenters. The highest BCUT2D eigenvalue weighted by atomic mass is 35.5. The summed E-state index contributed by atoms with van der Waals surface area (Å²) < 4.78 is 80.9. The van der Waals surface area contributed by atoms with Gasteiger partial charge >= 0.3 is 18.0 Å². The molecule has 1 heterocycles. The average Bonchev–Trinajstić information content (AvgIpc) is 3.22. The lowest BCUT2D eigenvalue weighted by atomic mass is 9.88. The molecule has 2 aromatic carbocycles. The number of aliphatic hydroxyl groups excluding tert-OH is 1. The number of alkyl halides is 6. The first kappa shape index (κ1) is 35.1. The summed E-state index contributed by atoms with van der Waals surface area (Å²) in [4.78, 5) is 51.7. The van der Waals surface area contributed by atoms with Crippen LogP contribution in [0.3, 0.4) is 0 Å². The minimum absolute atomic E-state index is 0.0897. The molecule has 0 aliphatic carbocycles. The summed E-state index contributed by atoms with van der Waals surface area (Å²) in [5.74, 6) is -3.74. The Kier molecular flexibility index (Phi) is 9.79. The molecule has 244 valence electrons. The Bertz CT molecular complexity index is 1650. The van der Waals surface area contributed by atoms with E-state index in [1.54, 1.807) is 0 Å². The van der Waals surface area contributed by atoms with Crippen molar-refractivity contribution in [2.75, 3.05) is 0 Å². The highest BCUT2D eigenvalue weighted by molar-refractivity contribution is 6.30. The van der Waals surface area contributed by atoms with E-state index in [0.29, 0.717) is 15.3 Å². The standard InChI is InChI=1S/C27H27ClF6N6O5/c1-24(2,21(35)43)37-22(44)25(3,15-5-4-6-16(11-15)26(29,30)31)36-19(42)13-40-23(45)39(12-18(41)27(32,33)34)20(38-40)14-7-9-17(28)10-8-14/h4-11,18,41H,12-13H2,1-3H3,(H2,35,43)(H,36,42)(H,37,44). The number of hydrogen-bond acceptors (Lipinski definition) is 6. The van der Waals surface area contributed by atoms with E-state index in [9.17, 15) is 50.6 Å². The number of carbonyl (C=O) groups excluding carboxylic acids is 3. The third-order valence-corrected chi connectivity index (χ3v) is 6.96. The van der Waals surface area contributed by atoms with Crippen LogP contribution in [-0.4, -0.2) is 55.0 Å². The number of carbonyl (C=O) groups is 3. The highest BCUT2D eigenvalue weighted by Gasteiger charge is 2.43. The fourth-order valence-electron chi connectivity index (χ4n) is 3.99. The normalized spacial score (nSPS) is 14.4. The molecule has 18 heteroatoms. The van der Waals surface area contributed by atoms with Gasteiger partial charge in [-0.3, -0.25) is 19.0 Å². The van der Waals surface area contributed by atoms with Gasteiger partial charge in [0, 0.05) is 10.6 Å². The van der Waals surface area contributed by atoms with Gasteiger partial charge in [-0.15, -0.1) is 5.10 Å². The second-order valence-electron chi connectivity index (χ2n) is 10.6. The quantitative estimate of drug-likeness (QED) is 0.244. The van der Waals surface area contributed by atoms with Gasteiger partial charge in [-0.1, -0.05) is 23.7 Å². The Morgan fingerprint density at radius 3 is 2.09 bits per heavy atom. The molecule has 11 nitrogen and oxygen atoms in total. The highest BCUT2D eigenvalue weighted by Crippen LogP contribution is 2.33. The zero-order valence-electron chi connectivity index (χ0n) is 23.8. The van der Waals surface area contributed by atoms with Crippen LogP contribution in [0.2, 0.25) is 5.02 Å². The van der Waals surface area contributed by atoms with Crippen LogP contribution in [0.15, 0.2) is 53.3 Å². The predicted molar refractivity (Wildman–Crippen MR) is 147 cm³/mol. The minimum atomic E-state index is -5.12. The Balaban J connectivity index is 2.06. The maximum absolute atomic E-state index is 13.5. The second kappa shape index (κ2) is 12.5. The Hall–Kier alpha value is -4.38. The van der Waals surface area contributed by atoms with E-state index in [-0.39, 0.29) is 22.0 Å². The molecule has 3 rings (SSSR count). The van der Waals surface area contributed by atoms with Gasteiger partial charge in [0.1, 0.15) is 17.6 Å². The van der Waals surface area contributed by atoms with E-state index in [0.717, 1.165) is 25.1 Å². The Labute approximate surface area is 256 Å². The SMILES string of the molecule is CC(C)(NC(=O)C(C)(NC(=O)Cn1nc(-c2ccc(Cl)cc2)n(CC(O)C(F)(F)F)c1=O)c1cccc(C(F)(F)F)c1)C(N)=O. The van der Waals surface area contributed by atoms with Crippen LogP contribution in [-0.2, 0) is 39.2 Å². The second-order valence-corrected chi connectivity index (χ2v) is 11.1. The topological polar surface area (TPSA) is 161 Å². The number of nitrogens with two attached hydrogens (primary N) is 1. The van der Waals surface area contributed by atoms with Crippen molar-refractivity contribution in [2.45, 2.75) is 63.4 Å². The fourth-order valence-corrected chi connectivity index (χ4v) is 4.11. The molecule has 0 aliphatic rings. The van der Waals surface area contributed by atoms with Gasteiger partial charge in [-0.2, -0.15) is 26.3 Å². The Morgan fingerprint density at radius 2 is 1.56 bits per heavy atom. The predicted octanol–water partition coefficient (Wildman–Crippen LogP) is 2.72. The summed E-state index contributed by atoms with van der Waals surface area (Å²) in [7, 11) is 0. The molecule has 2 atom stereocenters. The molecular formula is C27H27ClF6N6O5. The van der Waals surface area contributed by atoms with Crippen molar-refractivity contribution >= 4 is 29.3 Å². The van der Waals surface area contributed by atoms with Gasteiger partial charge in [-0.25, -0.2) is 9.48 Å². The van der Waals surface area contributed by atoms with Gasteiger partial charge in [0.25, 0.3) is 5.91 Å². The molecule has 0 aliphatic heterocycles. The smallest absolute Gasteiger partial charge is 0.382 e. The number of aromatic nitrogens is 3. The maximum atomic E-state index is 13.5. The number of nitrogens with zero attached hydrogens (tertiary/aromatic N) is 3. The largest absolute Gasteiger partial charge is 0.416 e. The average molecular weight is 665 g/mol. The van der Waals surface area contributed by atoms with Crippen LogP contribution < -0.4 is 22.1 Å². The monoisotopic (exact) mass is 664 g/mol. The number of hydrogen-bond donors (Lipinski definition) is 4. The third-order valence-electron chi connectivity index (χ3n) is 6.70. The molecule has 0 radical (unpaired) electrons. The van der Waals surface area contributed by atoms with Gasteiger partial charge in [0.05, 0.1) is 12.1 Å².